The number of hydrogen-bond donors (Lipinski definition) is 4. The number of pyridine rings is 1. The minimum atomic E-state index is -0.745. The number of fused-ring (bicyclic) bond motifs is 1. The Morgan fingerprint density at radius 3 is 2.60 bits per heavy atom. The second-order valence-corrected chi connectivity index (χ2v) is 10.1. The lowest BCUT2D eigenvalue weighted by Gasteiger charge is -2.19. The van der Waals surface area contributed by atoms with Gasteiger partial charge in [0.15, 0.2) is 0 Å². The summed E-state index contributed by atoms with van der Waals surface area (Å²) in [4.78, 5) is 28.4. The third kappa shape index (κ3) is 8.74. The standard InChI is InChI=1S/C32H34ClN3O6/c1-2-41-31(39)13-15-35-32(40)23-8-11-27-28(18-23)34-14-12-30(27)42-26-9-6-21(7-10-26)16-25(20-37)36-19-29(38)22-4-3-5-24(33)17-22/h3-12,14,17-18,25,29,36-38H,2,13,15-16,19-20H2,1H3,(H,35,40)/t25-,29-/m0/s1. The van der Waals surface area contributed by atoms with Crippen molar-refractivity contribution in [1.82, 2.24) is 15.6 Å². The molecule has 9 nitrogen and oxygen atoms in total. The molecule has 0 unspecified atom stereocenters. The van der Waals surface area contributed by atoms with Gasteiger partial charge in [-0.1, -0.05) is 35.9 Å². The van der Waals surface area contributed by atoms with Crippen molar-refractivity contribution in [2.45, 2.75) is 31.9 Å². The van der Waals surface area contributed by atoms with E-state index in [1.165, 1.54) is 0 Å². The second kappa shape index (κ2) is 15.3. The topological polar surface area (TPSA) is 130 Å². The number of ether oxygens (including phenoxy) is 2. The normalized spacial score (nSPS) is 12.5. The first-order valence-corrected chi connectivity index (χ1v) is 14.1. The molecule has 220 valence electrons. The van der Waals surface area contributed by atoms with Crippen molar-refractivity contribution < 1.29 is 29.3 Å². The highest BCUT2D eigenvalue weighted by atomic mass is 35.5. The molecule has 0 aliphatic heterocycles. The van der Waals surface area contributed by atoms with E-state index in [0.29, 0.717) is 46.2 Å². The molecule has 4 N–H and O–H groups in total. The number of halogens is 1. The maximum Gasteiger partial charge on any atom is 0.307 e. The number of aromatic nitrogens is 1. The number of benzene rings is 3. The molecular formula is C32H34ClN3O6. The van der Waals surface area contributed by atoms with Gasteiger partial charge in [0.25, 0.3) is 5.91 Å². The van der Waals surface area contributed by atoms with E-state index in [4.69, 9.17) is 21.1 Å². The average molecular weight is 592 g/mol. The summed E-state index contributed by atoms with van der Waals surface area (Å²) in [5.41, 5.74) is 2.72. The highest BCUT2D eigenvalue weighted by Gasteiger charge is 2.14. The van der Waals surface area contributed by atoms with E-state index in [1.54, 1.807) is 55.6 Å². The molecule has 0 bridgehead atoms. The molecule has 1 heterocycles. The van der Waals surface area contributed by atoms with Gasteiger partial charge >= 0.3 is 5.97 Å². The van der Waals surface area contributed by atoms with Crippen LogP contribution >= 0.6 is 11.6 Å². The van der Waals surface area contributed by atoms with Crippen LogP contribution < -0.4 is 15.4 Å². The van der Waals surface area contributed by atoms with E-state index < -0.39 is 6.10 Å². The van der Waals surface area contributed by atoms with Gasteiger partial charge in [0.2, 0.25) is 0 Å². The molecule has 10 heteroatoms. The number of amides is 1. The van der Waals surface area contributed by atoms with Gasteiger partial charge in [-0.3, -0.25) is 14.6 Å². The average Bonchev–Trinajstić information content (AvgIpc) is 3.00. The first-order chi connectivity index (χ1) is 20.4. The van der Waals surface area contributed by atoms with Crippen molar-refractivity contribution in [1.29, 1.82) is 0 Å². The molecule has 0 saturated heterocycles. The molecule has 0 aliphatic rings. The predicted molar refractivity (Wildman–Crippen MR) is 161 cm³/mol. The van der Waals surface area contributed by atoms with Crippen molar-refractivity contribution >= 4 is 34.4 Å². The summed E-state index contributed by atoms with van der Waals surface area (Å²) in [6.45, 7) is 2.41. The SMILES string of the molecule is CCOC(=O)CCNC(=O)c1ccc2c(Oc3ccc(C[C@@H](CO)NC[C@H](O)c4cccc(Cl)c4)cc3)ccnc2c1. The summed E-state index contributed by atoms with van der Waals surface area (Å²) in [7, 11) is 0. The zero-order valence-corrected chi connectivity index (χ0v) is 24.0. The molecule has 0 radical (unpaired) electrons. The summed E-state index contributed by atoms with van der Waals surface area (Å²) in [6.07, 6.45) is 1.53. The minimum absolute atomic E-state index is 0.0884. The summed E-state index contributed by atoms with van der Waals surface area (Å²) in [6, 6.07) is 21.3. The number of aliphatic hydroxyl groups is 2. The molecule has 0 aliphatic carbocycles. The molecule has 1 aromatic heterocycles. The smallest absolute Gasteiger partial charge is 0.307 e. The molecule has 1 amide bonds. The van der Waals surface area contributed by atoms with Crippen molar-refractivity contribution in [2.24, 2.45) is 0 Å². The monoisotopic (exact) mass is 591 g/mol. The van der Waals surface area contributed by atoms with Crippen LogP contribution in [0.5, 0.6) is 11.5 Å². The van der Waals surface area contributed by atoms with E-state index >= 15 is 0 Å². The number of carbonyl (C=O) groups is 2. The lowest BCUT2D eigenvalue weighted by molar-refractivity contribution is -0.142. The zero-order valence-electron chi connectivity index (χ0n) is 23.3. The molecule has 0 saturated carbocycles. The van der Waals surface area contributed by atoms with E-state index in [9.17, 15) is 19.8 Å². The quantitative estimate of drug-likeness (QED) is 0.157. The van der Waals surface area contributed by atoms with Gasteiger partial charge < -0.3 is 30.3 Å². The number of nitrogens with one attached hydrogen (secondary N) is 2. The Balaban J connectivity index is 1.34. The fourth-order valence-corrected chi connectivity index (χ4v) is 4.58. The molecule has 4 aromatic rings. The Bertz CT molecular complexity index is 1500. The second-order valence-electron chi connectivity index (χ2n) is 9.66. The number of carbonyl (C=O) groups excluding carboxylic acids is 2. The minimum Gasteiger partial charge on any atom is -0.466 e. The fourth-order valence-electron chi connectivity index (χ4n) is 4.38. The molecule has 0 spiro atoms. The van der Waals surface area contributed by atoms with E-state index in [0.717, 1.165) is 10.9 Å². The predicted octanol–water partition coefficient (Wildman–Crippen LogP) is 4.59. The largest absolute Gasteiger partial charge is 0.466 e. The van der Waals surface area contributed by atoms with Gasteiger partial charge in [-0.15, -0.1) is 0 Å². The van der Waals surface area contributed by atoms with E-state index in [2.05, 4.69) is 15.6 Å². The number of aliphatic hydroxyl groups excluding tert-OH is 2. The Hall–Kier alpha value is -4.02. The molecular weight excluding hydrogens is 558 g/mol. The van der Waals surface area contributed by atoms with Crippen molar-refractivity contribution in [3.05, 3.63) is 101 Å². The molecule has 42 heavy (non-hydrogen) atoms. The van der Waals surface area contributed by atoms with Gasteiger partial charge in [-0.05, 0) is 73.0 Å². The number of rotatable bonds is 14. The van der Waals surface area contributed by atoms with Crippen LogP contribution in [-0.2, 0) is 16.0 Å². The Morgan fingerprint density at radius 2 is 1.86 bits per heavy atom. The van der Waals surface area contributed by atoms with Crippen LogP contribution in [0.25, 0.3) is 10.9 Å². The van der Waals surface area contributed by atoms with Crippen LogP contribution in [0.4, 0.5) is 0 Å². The highest BCUT2D eigenvalue weighted by molar-refractivity contribution is 6.30. The Labute approximate surface area is 249 Å². The maximum atomic E-state index is 12.5. The fraction of sp³-hybridized carbons (Fsp3) is 0.281. The van der Waals surface area contributed by atoms with Crippen molar-refractivity contribution in [3.63, 3.8) is 0 Å². The number of hydrogen-bond acceptors (Lipinski definition) is 8. The van der Waals surface area contributed by atoms with Crippen molar-refractivity contribution in [3.8, 4) is 11.5 Å². The number of esters is 1. The van der Waals surface area contributed by atoms with Crippen LogP contribution in [0.2, 0.25) is 5.02 Å². The first kappa shape index (κ1) is 30.9. The third-order valence-corrected chi connectivity index (χ3v) is 6.81. The lowest BCUT2D eigenvalue weighted by Crippen LogP contribution is -2.37. The van der Waals surface area contributed by atoms with Crippen LogP contribution in [-0.4, -0.2) is 59.4 Å². The van der Waals surface area contributed by atoms with Gasteiger partial charge in [0.05, 0.1) is 31.3 Å². The van der Waals surface area contributed by atoms with Crippen LogP contribution in [0.15, 0.2) is 79.0 Å². The maximum absolute atomic E-state index is 12.5. The van der Waals surface area contributed by atoms with Crippen LogP contribution in [0, 0.1) is 0 Å². The van der Waals surface area contributed by atoms with Crippen LogP contribution in [0.1, 0.15) is 40.9 Å². The first-order valence-electron chi connectivity index (χ1n) is 13.7. The Morgan fingerprint density at radius 1 is 1.05 bits per heavy atom. The molecule has 3 aromatic carbocycles. The summed E-state index contributed by atoms with van der Waals surface area (Å²) >= 11 is 6.02. The van der Waals surface area contributed by atoms with Crippen molar-refractivity contribution in [2.75, 3.05) is 26.3 Å². The summed E-state index contributed by atoms with van der Waals surface area (Å²) in [5.74, 6) is 0.547. The summed E-state index contributed by atoms with van der Waals surface area (Å²) in [5, 5.41) is 27.6. The summed E-state index contributed by atoms with van der Waals surface area (Å²) < 4.78 is 11.0. The van der Waals surface area contributed by atoms with E-state index in [-0.39, 0.29) is 44.0 Å². The zero-order chi connectivity index (χ0) is 29.9. The lowest BCUT2D eigenvalue weighted by atomic mass is 10.0. The molecule has 0 fully saturated rings. The Kier molecular flexibility index (Phi) is 11.2. The van der Waals surface area contributed by atoms with Gasteiger partial charge in [0, 0.05) is 41.3 Å². The highest BCUT2D eigenvalue weighted by Crippen LogP contribution is 2.29. The van der Waals surface area contributed by atoms with E-state index in [1.807, 2.05) is 30.3 Å². The molecule has 2 atom stereocenters. The van der Waals surface area contributed by atoms with Crippen LogP contribution in [0.3, 0.4) is 0 Å². The van der Waals surface area contributed by atoms with Gasteiger partial charge in [-0.2, -0.15) is 0 Å². The molecule has 4 rings (SSSR count). The number of nitrogens with zero attached hydrogens (tertiary/aromatic N) is 1. The third-order valence-electron chi connectivity index (χ3n) is 6.57. The van der Waals surface area contributed by atoms with Gasteiger partial charge in [-0.25, -0.2) is 0 Å². The van der Waals surface area contributed by atoms with Gasteiger partial charge in [0.1, 0.15) is 11.5 Å².